The first-order valence-corrected chi connectivity index (χ1v) is 11.8. The number of carbonyl (C=O) groups is 1. The highest BCUT2D eigenvalue weighted by Crippen LogP contribution is 2.35. The first kappa shape index (κ1) is 28.0. The summed E-state index contributed by atoms with van der Waals surface area (Å²) in [5, 5.41) is 21.4. The minimum absolute atomic E-state index is 0.0619. The van der Waals surface area contributed by atoms with Crippen LogP contribution >= 0.6 is 0 Å². The number of hydrogen-bond donors (Lipinski definition) is 1. The van der Waals surface area contributed by atoms with Gasteiger partial charge in [-0.05, 0) is 47.6 Å². The molecule has 2 aromatic rings. The number of ether oxygens (including phenoxy) is 4. The van der Waals surface area contributed by atoms with Crippen LogP contribution in [0, 0.1) is 21.8 Å². The molecule has 36 heavy (non-hydrogen) atoms. The summed E-state index contributed by atoms with van der Waals surface area (Å²) in [7, 11) is 0. The van der Waals surface area contributed by atoms with E-state index in [2.05, 4.69) is 0 Å². The lowest BCUT2D eigenvalue weighted by Crippen LogP contribution is -2.36. The van der Waals surface area contributed by atoms with Gasteiger partial charge < -0.3 is 28.6 Å². The van der Waals surface area contributed by atoms with Gasteiger partial charge >= 0.3 is 11.7 Å². The standard InChI is InChI=1S/C25H35FN2O8/c1-15(13-34-24(4,5)30)12-33-22(29)23(2,3)21-9-16-8-20(28(31)32)18(26)10-19(16)27(21)11-17-14-35-25(6,7)36-17/h8-10,15,17,30H,11-14H2,1-7H3/t15-,17-/m0/s1. The van der Waals surface area contributed by atoms with Crippen molar-refractivity contribution < 1.29 is 38.2 Å². The fourth-order valence-electron chi connectivity index (χ4n) is 4.08. The molecule has 0 saturated carbocycles. The van der Waals surface area contributed by atoms with E-state index in [0.29, 0.717) is 23.2 Å². The maximum absolute atomic E-state index is 14.6. The molecule has 2 heterocycles. The number of rotatable bonds is 10. The predicted octanol–water partition coefficient (Wildman–Crippen LogP) is 4.04. The molecule has 10 nitrogen and oxygen atoms in total. The largest absolute Gasteiger partial charge is 0.465 e. The molecule has 0 aliphatic carbocycles. The van der Waals surface area contributed by atoms with Gasteiger partial charge in [0.15, 0.2) is 11.6 Å². The summed E-state index contributed by atoms with van der Waals surface area (Å²) in [6.07, 6.45) is -0.376. The number of fused-ring (bicyclic) bond motifs is 1. The molecule has 0 amide bonds. The number of esters is 1. The van der Waals surface area contributed by atoms with E-state index in [1.165, 1.54) is 13.8 Å². The van der Waals surface area contributed by atoms with Gasteiger partial charge in [0.25, 0.3) is 0 Å². The molecule has 11 heteroatoms. The number of nitro benzene ring substituents is 1. The number of nitro groups is 1. The molecule has 3 rings (SSSR count). The zero-order valence-electron chi connectivity index (χ0n) is 21.8. The summed E-state index contributed by atoms with van der Waals surface area (Å²) in [5.41, 5.74) is -0.935. The number of nitrogens with zero attached hydrogens (tertiary/aromatic N) is 2. The third kappa shape index (κ3) is 6.39. The number of carbonyl (C=O) groups excluding carboxylic acids is 1. The van der Waals surface area contributed by atoms with Crippen molar-refractivity contribution in [1.82, 2.24) is 4.57 Å². The summed E-state index contributed by atoms with van der Waals surface area (Å²) in [4.78, 5) is 23.7. The molecule has 0 bridgehead atoms. The lowest BCUT2D eigenvalue weighted by atomic mass is 9.89. The minimum atomic E-state index is -1.29. The zero-order chi connectivity index (χ0) is 27.1. The minimum Gasteiger partial charge on any atom is -0.465 e. The maximum atomic E-state index is 14.6. The average molecular weight is 511 g/mol. The van der Waals surface area contributed by atoms with Crippen LogP contribution in [0.25, 0.3) is 10.9 Å². The molecule has 1 N–H and O–H groups in total. The highest BCUT2D eigenvalue weighted by Gasteiger charge is 2.39. The number of hydrogen-bond acceptors (Lipinski definition) is 8. The molecule has 1 fully saturated rings. The Morgan fingerprint density at radius 3 is 2.53 bits per heavy atom. The van der Waals surface area contributed by atoms with Gasteiger partial charge in [-0.1, -0.05) is 6.92 Å². The lowest BCUT2D eigenvalue weighted by molar-refractivity contribution is -0.387. The van der Waals surface area contributed by atoms with Gasteiger partial charge in [-0.15, -0.1) is 0 Å². The molecule has 2 atom stereocenters. The maximum Gasteiger partial charge on any atom is 0.317 e. The van der Waals surface area contributed by atoms with E-state index < -0.39 is 39.4 Å². The van der Waals surface area contributed by atoms with Gasteiger partial charge in [0.05, 0.1) is 36.8 Å². The molecule has 200 valence electrons. The van der Waals surface area contributed by atoms with Crippen LogP contribution in [-0.4, -0.2) is 58.1 Å². The Hall–Kier alpha value is -2.60. The van der Waals surface area contributed by atoms with Gasteiger partial charge in [-0.3, -0.25) is 14.9 Å². The van der Waals surface area contributed by atoms with Crippen LogP contribution in [-0.2, 0) is 35.7 Å². The molecule has 1 aromatic heterocycles. The summed E-state index contributed by atoms with van der Waals surface area (Å²) in [6, 6.07) is 3.91. The smallest absolute Gasteiger partial charge is 0.317 e. The molecular formula is C25H35FN2O8. The van der Waals surface area contributed by atoms with Crippen molar-refractivity contribution in [1.29, 1.82) is 0 Å². The van der Waals surface area contributed by atoms with E-state index in [-0.39, 0.29) is 31.8 Å². The van der Waals surface area contributed by atoms with E-state index >= 15 is 0 Å². The number of halogens is 1. The first-order valence-electron chi connectivity index (χ1n) is 11.8. The molecule has 0 radical (unpaired) electrons. The van der Waals surface area contributed by atoms with Crippen molar-refractivity contribution in [2.75, 3.05) is 19.8 Å². The predicted molar refractivity (Wildman–Crippen MR) is 129 cm³/mol. The van der Waals surface area contributed by atoms with Gasteiger partial charge in [-0.2, -0.15) is 4.39 Å². The van der Waals surface area contributed by atoms with Crippen molar-refractivity contribution in [2.24, 2.45) is 5.92 Å². The molecule has 1 aliphatic rings. The highest BCUT2D eigenvalue weighted by molar-refractivity contribution is 5.88. The van der Waals surface area contributed by atoms with Crippen LogP contribution in [0.15, 0.2) is 18.2 Å². The Kier molecular flexibility index (Phi) is 7.81. The summed E-state index contributed by atoms with van der Waals surface area (Å²) < 4.78 is 38.8. The van der Waals surface area contributed by atoms with Crippen LogP contribution in [0.5, 0.6) is 0 Å². The van der Waals surface area contributed by atoms with Crippen LogP contribution in [0.4, 0.5) is 10.1 Å². The Morgan fingerprint density at radius 2 is 1.97 bits per heavy atom. The monoisotopic (exact) mass is 510 g/mol. The third-order valence-electron chi connectivity index (χ3n) is 5.99. The molecular weight excluding hydrogens is 475 g/mol. The van der Waals surface area contributed by atoms with Crippen molar-refractivity contribution in [2.45, 2.75) is 78.1 Å². The molecule has 0 spiro atoms. The van der Waals surface area contributed by atoms with E-state index in [4.69, 9.17) is 18.9 Å². The first-order chi connectivity index (χ1) is 16.5. The fourth-order valence-corrected chi connectivity index (χ4v) is 4.08. The van der Waals surface area contributed by atoms with E-state index in [9.17, 15) is 24.4 Å². The topological polar surface area (TPSA) is 122 Å². The SMILES string of the molecule is C[C@@H](COC(=O)C(C)(C)c1cc2cc([N+](=O)[O-])c(F)cc2n1C[C@H]1COC(C)(C)O1)COC(C)(C)O. The molecule has 1 aromatic carbocycles. The van der Waals surface area contributed by atoms with E-state index in [1.807, 2.05) is 6.92 Å². The Bertz CT molecular complexity index is 1140. The van der Waals surface area contributed by atoms with Crippen LogP contribution in [0.3, 0.4) is 0 Å². The molecule has 1 saturated heterocycles. The second kappa shape index (κ2) is 10.0. The second-order valence-electron chi connectivity index (χ2n) is 10.8. The van der Waals surface area contributed by atoms with Gasteiger partial charge in [-0.25, -0.2) is 0 Å². The van der Waals surface area contributed by atoms with Gasteiger partial charge in [0, 0.05) is 29.1 Å². The highest BCUT2D eigenvalue weighted by atomic mass is 19.1. The van der Waals surface area contributed by atoms with Crippen LogP contribution in [0.2, 0.25) is 0 Å². The van der Waals surface area contributed by atoms with Crippen LogP contribution < -0.4 is 0 Å². The third-order valence-corrected chi connectivity index (χ3v) is 5.99. The van der Waals surface area contributed by atoms with Crippen molar-refractivity contribution in [3.8, 4) is 0 Å². The van der Waals surface area contributed by atoms with E-state index in [0.717, 1.165) is 12.1 Å². The average Bonchev–Trinajstić information content (AvgIpc) is 3.28. The summed E-state index contributed by atoms with van der Waals surface area (Å²) in [5.74, 6) is -3.75. The Morgan fingerprint density at radius 1 is 1.31 bits per heavy atom. The van der Waals surface area contributed by atoms with Gasteiger partial charge in [0.1, 0.15) is 11.5 Å². The quantitative estimate of drug-likeness (QED) is 0.220. The second-order valence-corrected chi connectivity index (χ2v) is 10.8. The van der Waals surface area contributed by atoms with Crippen LogP contribution in [0.1, 0.15) is 54.2 Å². The van der Waals surface area contributed by atoms with Gasteiger partial charge in [0.2, 0.25) is 5.82 Å². The Balaban J connectivity index is 1.92. The zero-order valence-corrected chi connectivity index (χ0v) is 21.8. The summed E-state index contributed by atoms with van der Waals surface area (Å²) >= 11 is 0. The molecule has 1 aliphatic heterocycles. The number of benzene rings is 1. The fraction of sp³-hybridized carbons (Fsp3) is 0.640. The molecule has 0 unspecified atom stereocenters. The van der Waals surface area contributed by atoms with Crippen molar-refractivity contribution in [3.05, 3.63) is 39.8 Å². The van der Waals surface area contributed by atoms with E-state index in [1.54, 1.807) is 38.3 Å². The lowest BCUT2D eigenvalue weighted by Gasteiger charge is -2.27. The van der Waals surface area contributed by atoms with Crippen molar-refractivity contribution in [3.63, 3.8) is 0 Å². The number of aromatic nitrogens is 1. The summed E-state index contributed by atoms with van der Waals surface area (Å²) in [6.45, 7) is 12.6. The van der Waals surface area contributed by atoms with Crippen molar-refractivity contribution >= 4 is 22.6 Å². The Labute approximate surface area is 209 Å². The normalized spacial score (nSPS) is 19.0. The number of aliphatic hydroxyl groups is 1.